The van der Waals surface area contributed by atoms with Crippen LogP contribution in [0.3, 0.4) is 0 Å². The van der Waals surface area contributed by atoms with Crippen LogP contribution in [0.15, 0.2) is 42.7 Å². The van der Waals surface area contributed by atoms with E-state index in [0.717, 1.165) is 16.8 Å². The number of hydrogen-bond donors (Lipinski definition) is 1. The Balaban J connectivity index is 2.22. The van der Waals surface area contributed by atoms with Crippen LogP contribution in [0.1, 0.15) is 15.9 Å². The van der Waals surface area contributed by atoms with Crippen LogP contribution in [0, 0.1) is 6.92 Å². The summed E-state index contributed by atoms with van der Waals surface area (Å²) in [6.07, 6.45) is 3.32. The summed E-state index contributed by atoms with van der Waals surface area (Å²) in [5, 5.41) is 4.14. The van der Waals surface area contributed by atoms with Gasteiger partial charge >= 0.3 is 0 Å². The minimum atomic E-state index is -0.506. The minimum absolute atomic E-state index is 0.369. The van der Waals surface area contributed by atoms with E-state index in [9.17, 15) is 4.79 Å². The second kappa shape index (κ2) is 4.20. The highest BCUT2D eigenvalue weighted by Gasteiger charge is 2.12. The van der Waals surface area contributed by atoms with Crippen molar-refractivity contribution in [3.63, 3.8) is 0 Å². The molecular formula is C14H12N4O. The number of fused-ring (bicyclic) bond motifs is 1. The maximum Gasteiger partial charge on any atom is 0.252 e. The monoisotopic (exact) mass is 252 g/mol. The lowest BCUT2D eigenvalue weighted by atomic mass is 10.1. The van der Waals surface area contributed by atoms with E-state index in [1.54, 1.807) is 16.8 Å². The normalized spacial score (nSPS) is 10.8. The first kappa shape index (κ1) is 11.4. The molecule has 0 unspecified atom stereocenters. The predicted molar refractivity (Wildman–Crippen MR) is 71.7 cm³/mol. The molecule has 2 N–H and O–H groups in total. The van der Waals surface area contributed by atoms with Gasteiger partial charge in [-0.15, -0.1) is 0 Å². The third-order valence-electron chi connectivity index (χ3n) is 2.94. The lowest BCUT2D eigenvalue weighted by Crippen LogP contribution is -2.13. The van der Waals surface area contributed by atoms with Crippen molar-refractivity contribution in [3.8, 4) is 11.3 Å². The number of aryl methyl sites for hydroxylation is 1. The highest BCUT2D eigenvalue weighted by molar-refractivity contribution is 5.98. The van der Waals surface area contributed by atoms with E-state index >= 15 is 0 Å². The Morgan fingerprint density at radius 2 is 2.16 bits per heavy atom. The van der Waals surface area contributed by atoms with Crippen LogP contribution in [0.4, 0.5) is 0 Å². The van der Waals surface area contributed by atoms with Crippen molar-refractivity contribution in [1.29, 1.82) is 0 Å². The van der Waals surface area contributed by atoms with Gasteiger partial charge in [0, 0.05) is 11.8 Å². The Labute approximate surface area is 109 Å². The number of imidazole rings is 1. The largest absolute Gasteiger partial charge is 0.365 e. The maximum absolute atomic E-state index is 11.4. The molecule has 0 bridgehead atoms. The van der Waals surface area contributed by atoms with E-state index in [-0.39, 0.29) is 0 Å². The number of rotatable bonds is 2. The van der Waals surface area contributed by atoms with Crippen LogP contribution in [-0.4, -0.2) is 20.5 Å². The number of benzene rings is 1. The van der Waals surface area contributed by atoms with Gasteiger partial charge in [0.2, 0.25) is 0 Å². The lowest BCUT2D eigenvalue weighted by Gasteiger charge is -1.97. The van der Waals surface area contributed by atoms with Crippen molar-refractivity contribution in [2.24, 2.45) is 5.73 Å². The summed E-state index contributed by atoms with van der Waals surface area (Å²) < 4.78 is 1.57. The molecule has 19 heavy (non-hydrogen) atoms. The number of primary amides is 1. The van der Waals surface area contributed by atoms with E-state index in [4.69, 9.17) is 5.73 Å². The van der Waals surface area contributed by atoms with Crippen LogP contribution in [0.2, 0.25) is 0 Å². The van der Waals surface area contributed by atoms with Gasteiger partial charge in [-0.05, 0) is 19.1 Å². The Bertz CT molecular complexity index is 776. The van der Waals surface area contributed by atoms with Crippen LogP contribution >= 0.6 is 0 Å². The first-order valence-corrected chi connectivity index (χ1v) is 5.86. The summed E-state index contributed by atoms with van der Waals surface area (Å²) in [5.74, 6) is -0.506. The Hall–Kier alpha value is -2.69. The smallest absolute Gasteiger partial charge is 0.252 e. The van der Waals surface area contributed by atoms with E-state index in [1.165, 1.54) is 6.20 Å². The summed E-state index contributed by atoms with van der Waals surface area (Å²) in [7, 11) is 0. The molecule has 0 saturated carbocycles. The van der Waals surface area contributed by atoms with Crippen molar-refractivity contribution in [2.75, 3.05) is 0 Å². The third kappa shape index (κ3) is 1.95. The fourth-order valence-electron chi connectivity index (χ4n) is 2.03. The number of aromatic nitrogens is 3. The fraction of sp³-hybridized carbons (Fsp3) is 0.0714. The molecule has 0 aliphatic carbocycles. The Morgan fingerprint density at radius 1 is 1.32 bits per heavy atom. The van der Waals surface area contributed by atoms with Crippen LogP contribution in [0.25, 0.3) is 16.9 Å². The maximum atomic E-state index is 11.4. The van der Waals surface area contributed by atoms with Gasteiger partial charge in [-0.3, -0.25) is 4.79 Å². The zero-order valence-corrected chi connectivity index (χ0v) is 10.4. The van der Waals surface area contributed by atoms with Gasteiger partial charge in [-0.1, -0.05) is 23.8 Å². The molecular weight excluding hydrogens is 240 g/mol. The number of hydrogen-bond acceptors (Lipinski definition) is 3. The van der Waals surface area contributed by atoms with E-state index in [0.29, 0.717) is 11.2 Å². The highest BCUT2D eigenvalue weighted by Crippen LogP contribution is 2.20. The lowest BCUT2D eigenvalue weighted by molar-refractivity contribution is 0.100. The standard InChI is InChI=1S/C14H12N4O/c1-9-3-2-4-10(7-9)12-8-18-14(17-12)11(13(15)19)5-6-16-18/h2-8H,1H3,(H2,15,19). The van der Waals surface area contributed by atoms with Crippen LogP contribution < -0.4 is 5.73 Å². The molecule has 3 aromatic rings. The molecule has 1 aromatic carbocycles. The third-order valence-corrected chi connectivity index (χ3v) is 2.94. The summed E-state index contributed by atoms with van der Waals surface area (Å²) in [5.41, 5.74) is 9.09. The van der Waals surface area contributed by atoms with Gasteiger partial charge in [0.25, 0.3) is 5.91 Å². The molecule has 3 rings (SSSR count). The summed E-state index contributed by atoms with van der Waals surface area (Å²) in [6.45, 7) is 2.02. The first-order chi connectivity index (χ1) is 9.15. The van der Waals surface area contributed by atoms with Crippen LogP contribution in [0.5, 0.6) is 0 Å². The SMILES string of the molecule is Cc1cccc(-c2cn3nccc(C(N)=O)c3n2)c1. The molecule has 0 radical (unpaired) electrons. The molecule has 2 aromatic heterocycles. The van der Waals surface area contributed by atoms with Gasteiger partial charge in [-0.25, -0.2) is 9.50 Å². The summed E-state index contributed by atoms with van der Waals surface area (Å²) in [4.78, 5) is 15.8. The first-order valence-electron chi connectivity index (χ1n) is 5.86. The van der Waals surface area contributed by atoms with E-state index < -0.39 is 5.91 Å². The zero-order chi connectivity index (χ0) is 13.4. The molecule has 0 aliphatic heterocycles. The highest BCUT2D eigenvalue weighted by atomic mass is 16.1. The molecule has 0 aliphatic rings. The van der Waals surface area contributed by atoms with Crippen molar-refractivity contribution >= 4 is 11.6 Å². The number of carbonyl (C=O) groups excluding carboxylic acids is 1. The molecule has 5 nitrogen and oxygen atoms in total. The Morgan fingerprint density at radius 3 is 2.89 bits per heavy atom. The number of carbonyl (C=O) groups is 1. The summed E-state index contributed by atoms with van der Waals surface area (Å²) >= 11 is 0. The second-order valence-electron chi connectivity index (χ2n) is 4.37. The molecule has 1 amide bonds. The molecule has 0 fully saturated rings. The average Bonchev–Trinajstić information content (AvgIpc) is 2.82. The molecule has 2 heterocycles. The number of nitrogens with zero attached hydrogens (tertiary/aromatic N) is 3. The molecule has 0 atom stereocenters. The van der Waals surface area contributed by atoms with Crippen molar-refractivity contribution in [1.82, 2.24) is 14.6 Å². The van der Waals surface area contributed by atoms with E-state index in [2.05, 4.69) is 10.1 Å². The van der Waals surface area contributed by atoms with Crippen LogP contribution in [-0.2, 0) is 0 Å². The second-order valence-corrected chi connectivity index (χ2v) is 4.37. The molecule has 0 spiro atoms. The zero-order valence-electron chi connectivity index (χ0n) is 10.4. The van der Waals surface area contributed by atoms with Gasteiger partial charge in [0.15, 0.2) is 5.65 Å². The minimum Gasteiger partial charge on any atom is -0.365 e. The molecule has 94 valence electrons. The topological polar surface area (TPSA) is 73.3 Å². The van der Waals surface area contributed by atoms with Gasteiger partial charge in [0.05, 0.1) is 17.5 Å². The van der Waals surface area contributed by atoms with Gasteiger partial charge in [-0.2, -0.15) is 5.10 Å². The van der Waals surface area contributed by atoms with Crippen molar-refractivity contribution < 1.29 is 4.79 Å². The van der Waals surface area contributed by atoms with Crippen molar-refractivity contribution in [3.05, 3.63) is 53.9 Å². The van der Waals surface area contributed by atoms with Crippen molar-refractivity contribution in [2.45, 2.75) is 6.92 Å². The van der Waals surface area contributed by atoms with E-state index in [1.807, 2.05) is 31.2 Å². The summed E-state index contributed by atoms with van der Waals surface area (Å²) in [6, 6.07) is 9.57. The fourth-order valence-corrected chi connectivity index (χ4v) is 2.03. The average molecular weight is 252 g/mol. The quantitative estimate of drug-likeness (QED) is 0.755. The Kier molecular flexibility index (Phi) is 2.52. The van der Waals surface area contributed by atoms with Gasteiger partial charge < -0.3 is 5.73 Å². The number of amides is 1. The number of nitrogens with two attached hydrogens (primary N) is 1. The molecule has 0 saturated heterocycles. The predicted octanol–water partition coefficient (Wildman–Crippen LogP) is 1.80. The van der Waals surface area contributed by atoms with Gasteiger partial charge in [0.1, 0.15) is 0 Å². The molecule has 5 heteroatoms.